The zero-order valence-electron chi connectivity index (χ0n) is 15.8. The van der Waals surface area contributed by atoms with Crippen molar-refractivity contribution in [1.29, 1.82) is 0 Å². The van der Waals surface area contributed by atoms with Crippen LogP contribution in [0.2, 0.25) is 0 Å². The van der Waals surface area contributed by atoms with E-state index in [0.29, 0.717) is 18.7 Å². The maximum atomic E-state index is 13.3. The quantitative estimate of drug-likeness (QED) is 0.583. The van der Waals surface area contributed by atoms with Gasteiger partial charge in [0.05, 0.1) is 0 Å². The standard InChI is InChI=1S/C19H26BrN3O3/c1-18(2)12-19(14-11-13(20)7-8-15(14)26-18)16(24)23(17(25)21-19)10-6-5-9-22(3)4/h7-8,11H,5-6,9-10,12H2,1-4H3,(H,21,25). The third-order valence-corrected chi connectivity index (χ3v) is 5.38. The first kappa shape index (κ1) is 19.2. The van der Waals surface area contributed by atoms with Crippen LogP contribution in [-0.2, 0) is 10.3 Å². The van der Waals surface area contributed by atoms with E-state index >= 15 is 0 Å². The molecule has 1 saturated heterocycles. The molecule has 1 fully saturated rings. The van der Waals surface area contributed by atoms with Crippen molar-refractivity contribution in [3.8, 4) is 5.75 Å². The van der Waals surface area contributed by atoms with Crippen LogP contribution in [0.25, 0.3) is 0 Å². The smallest absolute Gasteiger partial charge is 0.325 e. The average Bonchev–Trinajstić information content (AvgIpc) is 2.75. The molecule has 26 heavy (non-hydrogen) atoms. The van der Waals surface area contributed by atoms with Crippen LogP contribution >= 0.6 is 15.9 Å². The van der Waals surface area contributed by atoms with Crippen LogP contribution in [0.15, 0.2) is 22.7 Å². The van der Waals surface area contributed by atoms with Crippen LogP contribution in [0.3, 0.4) is 0 Å². The van der Waals surface area contributed by atoms with E-state index in [4.69, 9.17) is 4.74 Å². The number of unbranched alkanes of at least 4 members (excludes halogenated alkanes) is 1. The lowest BCUT2D eigenvalue weighted by molar-refractivity contribution is -0.134. The van der Waals surface area contributed by atoms with Crippen LogP contribution < -0.4 is 10.1 Å². The third-order valence-electron chi connectivity index (χ3n) is 4.89. The summed E-state index contributed by atoms with van der Waals surface area (Å²) in [6.07, 6.45) is 2.13. The average molecular weight is 424 g/mol. The Labute approximate surface area is 163 Å². The molecule has 2 heterocycles. The lowest BCUT2D eigenvalue weighted by atomic mass is 9.77. The summed E-state index contributed by atoms with van der Waals surface area (Å²) in [5.74, 6) is 0.468. The van der Waals surface area contributed by atoms with E-state index in [1.165, 1.54) is 4.90 Å². The Morgan fingerprint density at radius 1 is 1.27 bits per heavy atom. The molecular formula is C19H26BrN3O3. The van der Waals surface area contributed by atoms with E-state index in [0.717, 1.165) is 29.4 Å². The van der Waals surface area contributed by atoms with Gasteiger partial charge in [-0.3, -0.25) is 9.69 Å². The van der Waals surface area contributed by atoms with E-state index in [-0.39, 0.29) is 11.9 Å². The molecule has 0 saturated carbocycles. The molecule has 3 amide bonds. The predicted octanol–water partition coefficient (Wildman–Crippen LogP) is 3.10. The molecule has 6 nitrogen and oxygen atoms in total. The van der Waals surface area contributed by atoms with Gasteiger partial charge in [0.15, 0.2) is 5.54 Å². The second-order valence-corrected chi connectivity index (χ2v) is 8.90. The van der Waals surface area contributed by atoms with Crippen molar-refractivity contribution in [2.45, 2.75) is 44.2 Å². The molecular weight excluding hydrogens is 398 g/mol. The number of carbonyl (C=O) groups is 2. The number of carbonyl (C=O) groups excluding carboxylic acids is 2. The van der Waals surface area contributed by atoms with E-state index < -0.39 is 11.1 Å². The van der Waals surface area contributed by atoms with Gasteiger partial charge < -0.3 is 15.0 Å². The number of imide groups is 1. The molecule has 1 spiro atoms. The fourth-order valence-corrected chi connectivity index (χ4v) is 4.18. The number of ether oxygens (including phenoxy) is 1. The summed E-state index contributed by atoms with van der Waals surface area (Å²) in [6, 6.07) is 5.29. The van der Waals surface area contributed by atoms with Crippen LogP contribution in [0.4, 0.5) is 4.79 Å². The first-order valence-electron chi connectivity index (χ1n) is 8.92. The van der Waals surface area contributed by atoms with Gasteiger partial charge >= 0.3 is 6.03 Å². The second kappa shape index (κ2) is 6.85. The lowest BCUT2D eigenvalue weighted by Gasteiger charge is -2.42. The highest BCUT2D eigenvalue weighted by Gasteiger charge is 2.58. The van der Waals surface area contributed by atoms with Crippen molar-refractivity contribution in [1.82, 2.24) is 15.1 Å². The number of hydrogen-bond donors (Lipinski definition) is 1. The highest BCUT2D eigenvalue weighted by atomic mass is 79.9. The molecule has 0 radical (unpaired) electrons. The Hall–Kier alpha value is -1.60. The molecule has 1 atom stereocenters. The summed E-state index contributed by atoms with van der Waals surface area (Å²) in [5.41, 5.74) is -0.884. The molecule has 1 unspecified atom stereocenters. The molecule has 142 valence electrons. The van der Waals surface area contributed by atoms with Crippen molar-refractivity contribution in [2.75, 3.05) is 27.2 Å². The fourth-order valence-electron chi connectivity index (χ4n) is 3.82. The number of benzene rings is 1. The lowest BCUT2D eigenvalue weighted by Crippen LogP contribution is -2.53. The van der Waals surface area contributed by atoms with Gasteiger partial charge in [0.25, 0.3) is 5.91 Å². The largest absolute Gasteiger partial charge is 0.487 e. The van der Waals surface area contributed by atoms with Gasteiger partial charge in [0.1, 0.15) is 11.4 Å². The van der Waals surface area contributed by atoms with E-state index in [1.54, 1.807) is 0 Å². The Balaban J connectivity index is 1.89. The minimum atomic E-state index is -1.06. The zero-order chi connectivity index (χ0) is 19.1. The molecule has 3 rings (SSSR count). The van der Waals surface area contributed by atoms with Gasteiger partial charge in [0.2, 0.25) is 0 Å². The SMILES string of the molecule is CN(C)CCCCN1C(=O)NC2(CC(C)(C)Oc3ccc(Br)cc32)C1=O. The van der Waals surface area contributed by atoms with E-state index in [2.05, 4.69) is 26.1 Å². The summed E-state index contributed by atoms with van der Waals surface area (Å²) < 4.78 is 6.91. The van der Waals surface area contributed by atoms with Crippen molar-refractivity contribution in [3.05, 3.63) is 28.2 Å². The van der Waals surface area contributed by atoms with E-state index in [9.17, 15) is 9.59 Å². The number of nitrogens with one attached hydrogen (secondary N) is 1. The number of fused-ring (bicyclic) bond motifs is 2. The highest BCUT2D eigenvalue weighted by Crippen LogP contribution is 2.47. The Kier molecular flexibility index (Phi) is 5.05. The van der Waals surface area contributed by atoms with Crippen LogP contribution in [0.1, 0.15) is 38.7 Å². The van der Waals surface area contributed by atoms with Crippen LogP contribution in [0, 0.1) is 0 Å². The molecule has 1 N–H and O–H groups in total. The number of rotatable bonds is 5. The molecule has 1 aromatic carbocycles. The number of halogens is 1. The molecule has 2 aliphatic rings. The minimum absolute atomic E-state index is 0.178. The zero-order valence-corrected chi connectivity index (χ0v) is 17.4. The molecule has 2 aliphatic heterocycles. The molecule has 7 heteroatoms. The minimum Gasteiger partial charge on any atom is -0.487 e. The number of nitrogens with zero attached hydrogens (tertiary/aromatic N) is 2. The van der Waals surface area contributed by atoms with E-state index in [1.807, 2.05) is 46.1 Å². The number of hydrogen-bond acceptors (Lipinski definition) is 4. The van der Waals surface area contributed by atoms with Crippen molar-refractivity contribution in [2.24, 2.45) is 0 Å². The van der Waals surface area contributed by atoms with Gasteiger partial charge in [-0.1, -0.05) is 15.9 Å². The summed E-state index contributed by atoms with van der Waals surface area (Å²) in [5, 5.41) is 2.98. The molecule has 0 aromatic heterocycles. The van der Waals surface area contributed by atoms with Gasteiger partial charge in [0, 0.05) is 23.0 Å². The maximum Gasteiger partial charge on any atom is 0.325 e. The van der Waals surface area contributed by atoms with Crippen molar-refractivity contribution >= 4 is 27.9 Å². The van der Waals surface area contributed by atoms with Crippen LogP contribution in [0.5, 0.6) is 5.75 Å². The summed E-state index contributed by atoms with van der Waals surface area (Å²) >= 11 is 3.47. The summed E-state index contributed by atoms with van der Waals surface area (Å²) in [7, 11) is 4.03. The Bertz CT molecular complexity index is 735. The van der Waals surface area contributed by atoms with Gasteiger partial charge in [-0.05, 0) is 65.5 Å². The molecule has 0 aliphatic carbocycles. The summed E-state index contributed by atoms with van der Waals surface area (Å²) in [4.78, 5) is 29.4. The summed E-state index contributed by atoms with van der Waals surface area (Å²) in [6.45, 7) is 5.26. The fraction of sp³-hybridized carbons (Fsp3) is 0.579. The number of amides is 3. The number of urea groups is 1. The Morgan fingerprint density at radius 2 is 2.00 bits per heavy atom. The first-order chi connectivity index (χ1) is 12.1. The highest BCUT2D eigenvalue weighted by molar-refractivity contribution is 9.10. The third kappa shape index (κ3) is 3.47. The topological polar surface area (TPSA) is 61.9 Å². The Morgan fingerprint density at radius 3 is 2.69 bits per heavy atom. The molecule has 1 aromatic rings. The van der Waals surface area contributed by atoms with Gasteiger partial charge in [-0.15, -0.1) is 0 Å². The van der Waals surface area contributed by atoms with Gasteiger partial charge in [-0.25, -0.2) is 4.79 Å². The molecule has 0 bridgehead atoms. The monoisotopic (exact) mass is 423 g/mol. The normalized spacial score (nSPS) is 24.0. The van der Waals surface area contributed by atoms with Crippen LogP contribution in [-0.4, -0.2) is 54.5 Å². The predicted molar refractivity (Wildman–Crippen MR) is 103 cm³/mol. The second-order valence-electron chi connectivity index (χ2n) is 7.98. The first-order valence-corrected chi connectivity index (χ1v) is 9.72. The maximum absolute atomic E-state index is 13.3. The van der Waals surface area contributed by atoms with Gasteiger partial charge in [-0.2, -0.15) is 0 Å². The van der Waals surface area contributed by atoms with Crippen molar-refractivity contribution < 1.29 is 14.3 Å². The van der Waals surface area contributed by atoms with Crippen molar-refractivity contribution in [3.63, 3.8) is 0 Å².